The molecule has 3 rings (SSSR count). The number of nitrogens with two attached hydrogens (primary N) is 1. The van der Waals surface area contributed by atoms with Crippen molar-refractivity contribution < 1.29 is 13.9 Å². The molecule has 152 valence electrons. The van der Waals surface area contributed by atoms with Gasteiger partial charge in [0.2, 0.25) is 5.88 Å². The number of nitrogens with one attached hydrogen (secondary N) is 1. The Morgan fingerprint density at radius 3 is 2.69 bits per heavy atom. The Kier molecular flexibility index (Phi) is 8.47. The van der Waals surface area contributed by atoms with Crippen LogP contribution in [-0.2, 0) is 6.54 Å². The van der Waals surface area contributed by atoms with Gasteiger partial charge in [-0.3, -0.25) is 0 Å². The molecule has 2 aromatic carbocycles. The van der Waals surface area contributed by atoms with Crippen LogP contribution in [-0.4, -0.2) is 18.1 Å². The molecule has 1 aromatic heterocycles. The summed E-state index contributed by atoms with van der Waals surface area (Å²) in [4.78, 5) is 8.46. The van der Waals surface area contributed by atoms with Crippen LogP contribution in [0.15, 0.2) is 65.8 Å². The third kappa shape index (κ3) is 6.75. The van der Waals surface area contributed by atoms with Crippen molar-refractivity contribution in [1.29, 1.82) is 0 Å². The molecule has 29 heavy (non-hydrogen) atoms. The van der Waals surface area contributed by atoms with E-state index in [4.69, 9.17) is 26.8 Å². The van der Waals surface area contributed by atoms with E-state index < -0.39 is 0 Å². The van der Waals surface area contributed by atoms with Crippen molar-refractivity contribution in [2.45, 2.75) is 6.54 Å². The van der Waals surface area contributed by atoms with E-state index in [1.807, 2.05) is 6.07 Å². The molecule has 0 aliphatic carbocycles. The van der Waals surface area contributed by atoms with Crippen molar-refractivity contribution in [2.75, 3.05) is 12.4 Å². The zero-order valence-corrected chi connectivity index (χ0v) is 18.5. The first-order valence-corrected chi connectivity index (χ1v) is 8.70. The predicted molar refractivity (Wildman–Crippen MR) is 123 cm³/mol. The normalized spacial score (nSPS) is 10.8. The molecule has 0 aliphatic rings. The zero-order chi connectivity index (χ0) is 19.9. The number of rotatable bonds is 6. The highest BCUT2D eigenvalue weighted by atomic mass is 127. The molecule has 0 spiro atoms. The molecule has 0 bridgehead atoms. The van der Waals surface area contributed by atoms with Gasteiger partial charge in [-0.15, -0.1) is 24.0 Å². The van der Waals surface area contributed by atoms with Gasteiger partial charge >= 0.3 is 0 Å². The Hall–Kier alpha value is -2.59. The van der Waals surface area contributed by atoms with Gasteiger partial charge in [-0.1, -0.05) is 23.7 Å². The molecule has 3 aromatic rings. The molecule has 9 heteroatoms. The number of aliphatic imine (C=N–C) groups is 1. The van der Waals surface area contributed by atoms with E-state index in [0.717, 1.165) is 5.56 Å². The van der Waals surface area contributed by atoms with Crippen molar-refractivity contribution in [3.8, 4) is 17.4 Å². The van der Waals surface area contributed by atoms with Gasteiger partial charge in [0.25, 0.3) is 0 Å². The highest BCUT2D eigenvalue weighted by molar-refractivity contribution is 14.0. The van der Waals surface area contributed by atoms with Crippen molar-refractivity contribution >= 4 is 47.2 Å². The summed E-state index contributed by atoms with van der Waals surface area (Å²) in [5.74, 6) is 1.18. The minimum Gasteiger partial charge on any atom is -0.495 e. The third-order valence-corrected chi connectivity index (χ3v) is 3.97. The smallest absolute Gasteiger partial charge is 0.219 e. The fourth-order valence-corrected chi connectivity index (χ4v) is 2.58. The van der Waals surface area contributed by atoms with Crippen molar-refractivity contribution in [3.63, 3.8) is 0 Å². The first kappa shape index (κ1) is 22.7. The summed E-state index contributed by atoms with van der Waals surface area (Å²) in [6.45, 7) is 0.329. The van der Waals surface area contributed by atoms with Gasteiger partial charge in [0.1, 0.15) is 17.3 Å². The standard InChI is InChI=1S/C20H18ClFN4O2.HI/c1-27-18-7-6-15(10-17(18)21)26-20(23)25-12-13-5-8-19(24-11-13)28-16-4-2-3-14(22)9-16;/h2-11H,12H2,1H3,(H3,23,25,26);1H. The highest BCUT2D eigenvalue weighted by Gasteiger charge is 2.04. The highest BCUT2D eigenvalue weighted by Crippen LogP contribution is 2.27. The van der Waals surface area contributed by atoms with Gasteiger partial charge < -0.3 is 20.5 Å². The first-order valence-electron chi connectivity index (χ1n) is 8.32. The summed E-state index contributed by atoms with van der Waals surface area (Å²) in [6, 6.07) is 14.6. The number of benzene rings is 2. The topological polar surface area (TPSA) is 81.8 Å². The second-order valence-corrected chi connectivity index (χ2v) is 6.15. The second kappa shape index (κ2) is 10.8. The number of anilines is 1. The molecule has 0 aliphatic heterocycles. The Labute approximate surface area is 189 Å². The van der Waals surface area contributed by atoms with E-state index in [9.17, 15) is 4.39 Å². The fourth-order valence-electron chi connectivity index (χ4n) is 2.32. The molecule has 0 saturated carbocycles. The molecular formula is C20H19ClFIN4O2. The summed E-state index contributed by atoms with van der Waals surface area (Å²) < 4.78 is 23.8. The molecule has 0 unspecified atom stereocenters. The maximum atomic E-state index is 13.2. The molecular weight excluding hydrogens is 510 g/mol. The maximum absolute atomic E-state index is 13.2. The summed E-state index contributed by atoms with van der Waals surface area (Å²) >= 11 is 6.08. The number of aromatic nitrogens is 1. The van der Waals surface area contributed by atoms with Gasteiger partial charge in [-0.2, -0.15) is 0 Å². The molecule has 0 saturated heterocycles. The van der Waals surface area contributed by atoms with Gasteiger partial charge in [-0.25, -0.2) is 14.4 Å². The lowest BCUT2D eigenvalue weighted by molar-refractivity contribution is 0.415. The molecule has 0 radical (unpaired) electrons. The lowest BCUT2D eigenvalue weighted by Crippen LogP contribution is -2.22. The number of halogens is 3. The minimum absolute atomic E-state index is 0. The lowest BCUT2D eigenvalue weighted by atomic mass is 10.3. The van der Waals surface area contributed by atoms with Crippen LogP contribution in [0, 0.1) is 5.82 Å². The lowest BCUT2D eigenvalue weighted by Gasteiger charge is -2.08. The van der Waals surface area contributed by atoms with Crippen LogP contribution in [0.5, 0.6) is 17.4 Å². The molecule has 3 N–H and O–H groups in total. The van der Waals surface area contributed by atoms with Gasteiger partial charge in [-0.05, 0) is 35.9 Å². The quantitative estimate of drug-likeness (QED) is 0.260. The Bertz CT molecular complexity index is 986. The number of hydrogen-bond donors (Lipinski definition) is 2. The molecule has 6 nitrogen and oxygen atoms in total. The number of hydrogen-bond acceptors (Lipinski definition) is 4. The van der Waals surface area contributed by atoms with E-state index in [-0.39, 0.29) is 35.8 Å². The number of ether oxygens (including phenoxy) is 2. The summed E-state index contributed by atoms with van der Waals surface area (Å²) in [5.41, 5.74) is 7.44. The summed E-state index contributed by atoms with van der Waals surface area (Å²) in [6.07, 6.45) is 1.62. The number of methoxy groups -OCH3 is 1. The number of nitrogens with zero attached hydrogens (tertiary/aromatic N) is 2. The van der Waals surface area contributed by atoms with Crippen LogP contribution in [0.2, 0.25) is 5.02 Å². The molecule has 1 heterocycles. The molecule has 0 fully saturated rings. The third-order valence-electron chi connectivity index (χ3n) is 3.67. The summed E-state index contributed by atoms with van der Waals surface area (Å²) in [5, 5.41) is 3.43. The van der Waals surface area contributed by atoms with Crippen LogP contribution in [0.3, 0.4) is 0 Å². The Balaban J connectivity index is 0.00000300. The van der Waals surface area contributed by atoms with E-state index in [0.29, 0.717) is 34.6 Å². The SMILES string of the molecule is COc1ccc(NC(N)=NCc2ccc(Oc3cccc(F)c3)nc2)cc1Cl.I. The molecule has 0 amide bonds. The molecule has 0 atom stereocenters. The fraction of sp³-hybridized carbons (Fsp3) is 0.100. The van der Waals surface area contributed by atoms with E-state index in [1.54, 1.807) is 49.7 Å². The van der Waals surface area contributed by atoms with Crippen LogP contribution in [0.1, 0.15) is 5.56 Å². The van der Waals surface area contributed by atoms with Crippen LogP contribution < -0.4 is 20.5 Å². The predicted octanol–water partition coefficient (Wildman–Crippen LogP) is 5.22. The number of pyridine rings is 1. The van der Waals surface area contributed by atoms with Gasteiger partial charge in [0.15, 0.2) is 5.96 Å². The summed E-state index contributed by atoms with van der Waals surface area (Å²) in [7, 11) is 1.55. The number of guanidine groups is 1. The first-order chi connectivity index (χ1) is 13.5. The van der Waals surface area contributed by atoms with Gasteiger partial charge in [0, 0.05) is 24.0 Å². The van der Waals surface area contributed by atoms with Crippen LogP contribution in [0.25, 0.3) is 0 Å². The maximum Gasteiger partial charge on any atom is 0.219 e. The zero-order valence-electron chi connectivity index (χ0n) is 15.4. The van der Waals surface area contributed by atoms with E-state index in [2.05, 4.69) is 15.3 Å². The largest absolute Gasteiger partial charge is 0.495 e. The monoisotopic (exact) mass is 528 g/mol. The van der Waals surface area contributed by atoms with E-state index >= 15 is 0 Å². The van der Waals surface area contributed by atoms with Gasteiger partial charge in [0.05, 0.1) is 18.7 Å². The average Bonchev–Trinajstić information content (AvgIpc) is 2.68. The van der Waals surface area contributed by atoms with Crippen molar-refractivity contribution in [3.05, 3.63) is 77.2 Å². The average molecular weight is 529 g/mol. The van der Waals surface area contributed by atoms with Crippen LogP contribution >= 0.6 is 35.6 Å². The van der Waals surface area contributed by atoms with Crippen LogP contribution in [0.4, 0.5) is 10.1 Å². The Morgan fingerprint density at radius 2 is 2.03 bits per heavy atom. The van der Waals surface area contributed by atoms with E-state index in [1.165, 1.54) is 12.1 Å². The minimum atomic E-state index is -0.371. The second-order valence-electron chi connectivity index (χ2n) is 5.74. The Morgan fingerprint density at radius 1 is 1.21 bits per heavy atom. The van der Waals surface area contributed by atoms with Crippen molar-refractivity contribution in [1.82, 2.24) is 4.98 Å². The van der Waals surface area contributed by atoms with Crippen molar-refractivity contribution in [2.24, 2.45) is 10.7 Å².